The number of hydrogen-bond donors (Lipinski definition) is 1. The Morgan fingerprint density at radius 2 is 1.92 bits per heavy atom. The maximum absolute atomic E-state index is 13.5. The summed E-state index contributed by atoms with van der Waals surface area (Å²) >= 11 is 0. The molecule has 1 N–H and O–H groups in total. The molecule has 0 saturated carbocycles. The lowest BCUT2D eigenvalue weighted by Crippen LogP contribution is -2.53. The highest BCUT2D eigenvalue weighted by Gasteiger charge is 2.34. The van der Waals surface area contributed by atoms with Crippen molar-refractivity contribution in [2.24, 2.45) is 12.0 Å². The Morgan fingerprint density at radius 1 is 1.18 bits per heavy atom. The molecule has 2 aliphatic rings. The van der Waals surface area contributed by atoms with E-state index in [1.54, 1.807) is 6.07 Å². The SMILES string of the molecule is Cn1c(C(C)(C)C)c/c(=N\C(=O)c2cc(C(F)(F)F)ccc2OC[C@@H]2CCN2C(=O)O)n1C[C@H]1CCCO1. The van der Waals surface area contributed by atoms with Crippen molar-refractivity contribution in [1.29, 1.82) is 0 Å². The zero-order valence-electron chi connectivity index (χ0n) is 21.9. The van der Waals surface area contributed by atoms with Crippen LogP contribution in [0.15, 0.2) is 29.3 Å². The van der Waals surface area contributed by atoms with Crippen LogP contribution in [-0.2, 0) is 29.9 Å². The Morgan fingerprint density at radius 3 is 2.47 bits per heavy atom. The summed E-state index contributed by atoms with van der Waals surface area (Å²) in [6.07, 6.45) is -3.48. The molecule has 1 aromatic carbocycles. The number of alkyl halides is 3. The fourth-order valence-electron chi connectivity index (χ4n) is 4.78. The van der Waals surface area contributed by atoms with Crippen molar-refractivity contribution >= 4 is 12.0 Å². The predicted octanol–water partition coefficient (Wildman–Crippen LogP) is 4.19. The Kier molecular flexibility index (Phi) is 7.64. The van der Waals surface area contributed by atoms with E-state index in [1.165, 1.54) is 4.90 Å². The highest BCUT2D eigenvalue weighted by Crippen LogP contribution is 2.33. The number of benzene rings is 1. The first-order valence-electron chi connectivity index (χ1n) is 12.6. The molecule has 0 aliphatic carbocycles. The summed E-state index contributed by atoms with van der Waals surface area (Å²) in [5, 5.41) is 9.21. The van der Waals surface area contributed by atoms with Gasteiger partial charge < -0.3 is 19.5 Å². The summed E-state index contributed by atoms with van der Waals surface area (Å²) in [7, 11) is 1.85. The van der Waals surface area contributed by atoms with Crippen molar-refractivity contribution in [3.8, 4) is 5.75 Å². The van der Waals surface area contributed by atoms with E-state index in [9.17, 15) is 27.9 Å². The zero-order valence-corrected chi connectivity index (χ0v) is 21.9. The molecule has 4 rings (SSSR count). The molecule has 3 heterocycles. The van der Waals surface area contributed by atoms with Gasteiger partial charge in [0.05, 0.1) is 29.8 Å². The second-order valence-electron chi connectivity index (χ2n) is 10.7. The maximum atomic E-state index is 13.5. The van der Waals surface area contributed by atoms with Crippen LogP contribution in [0.2, 0.25) is 0 Å². The van der Waals surface area contributed by atoms with Crippen molar-refractivity contribution in [3.63, 3.8) is 0 Å². The van der Waals surface area contributed by atoms with Gasteiger partial charge in [0.1, 0.15) is 12.4 Å². The Labute approximate surface area is 218 Å². The number of likely N-dealkylation sites (tertiary alicyclic amines) is 1. The monoisotopic (exact) mass is 538 g/mol. The van der Waals surface area contributed by atoms with E-state index >= 15 is 0 Å². The molecule has 208 valence electrons. The molecule has 2 aliphatic heterocycles. The van der Waals surface area contributed by atoms with Crippen LogP contribution in [-0.4, -0.2) is 63.3 Å². The summed E-state index contributed by atoms with van der Waals surface area (Å²) in [6.45, 7) is 7.41. The van der Waals surface area contributed by atoms with Crippen molar-refractivity contribution in [2.75, 3.05) is 19.8 Å². The molecule has 0 radical (unpaired) electrons. The second-order valence-corrected chi connectivity index (χ2v) is 10.7. The van der Waals surface area contributed by atoms with Gasteiger partial charge in [0.15, 0.2) is 5.49 Å². The number of nitrogens with zero attached hydrogens (tertiary/aromatic N) is 4. The lowest BCUT2D eigenvalue weighted by Gasteiger charge is -2.38. The fraction of sp³-hybridized carbons (Fsp3) is 0.577. The number of carboxylic acid groups (broad SMARTS) is 1. The third kappa shape index (κ3) is 5.90. The van der Waals surface area contributed by atoms with Gasteiger partial charge in [0.25, 0.3) is 5.91 Å². The minimum atomic E-state index is -4.67. The van der Waals surface area contributed by atoms with Crippen LogP contribution < -0.4 is 10.2 Å². The highest BCUT2D eigenvalue weighted by molar-refractivity contribution is 5.97. The minimum absolute atomic E-state index is 0.0578. The molecule has 9 nitrogen and oxygen atoms in total. The Balaban J connectivity index is 1.72. The van der Waals surface area contributed by atoms with E-state index in [2.05, 4.69) is 4.99 Å². The summed E-state index contributed by atoms with van der Waals surface area (Å²) < 4.78 is 55.7. The van der Waals surface area contributed by atoms with Crippen LogP contribution in [0.25, 0.3) is 0 Å². The zero-order chi connectivity index (χ0) is 27.8. The van der Waals surface area contributed by atoms with Crippen molar-refractivity contribution in [2.45, 2.75) is 70.3 Å². The van der Waals surface area contributed by atoms with Crippen molar-refractivity contribution in [3.05, 3.63) is 46.6 Å². The molecule has 2 fully saturated rings. The Bertz CT molecular complexity index is 1270. The first-order valence-corrected chi connectivity index (χ1v) is 12.6. The molecule has 0 unspecified atom stereocenters. The van der Waals surface area contributed by atoms with Gasteiger partial charge in [-0.25, -0.2) is 4.79 Å². The number of amides is 2. The average molecular weight is 539 g/mol. The lowest BCUT2D eigenvalue weighted by molar-refractivity contribution is -0.137. The quantitative estimate of drug-likeness (QED) is 0.595. The Hall–Kier alpha value is -3.28. The van der Waals surface area contributed by atoms with Gasteiger partial charge in [-0.05, 0) is 37.5 Å². The number of rotatable bonds is 6. The van der Waals surface area contributed by atoms with Gasteiger partial charge in [-0.1, -0.05) is 20.8 Å². The number of hydrogen-bond acceptors (Lipinski definition) is 4. The van der Waals surface area contributed by atoms with Crippen LogP contribution in [0, 0.1) is 0 Å². The van der Waals surface area contributed by atoms with E-state index in [0.717, 1.165) is 36.7 Å². The minimum Gasteiger partial charge on any atom is -0.491 e. The van der Waals surface area contributed by atoms with E-state index in [1.807, 2.05) is 37.2 Å². The van der Waals surface area contributed by atoms with E-state index in [4.69, 9.17) is 9.47 Å². The summed E-state index contributed by atoms with van der Waals surface area (Å²) in [5.74, 6) is -0.969. The number of halogens is 3. The van der Waals surface area contributed by atoms with Gasteiger partial charge >= 0.3 is 12.3 Å². The smallest absolute Gasteiger partial charge is 0.416 e. The van der Waals surface area contributed by atoms with Crippen molar-refractivity contribution in [1.82, 2.24) is 14.3 Å². The van der Waals surface area contributed by atoms with Gasteiger partial charge in [0, 0.05) is 37.4 Å². The maximum Gasteiger partial charge on any atom is 0.416 e. The number of ether oxygens (including phenoxy) is 2. The topological polar surface area (TPSA) is 98.3 Å². The third-order valence-electron chi connectivity index (χ3n) is 6.98. The van der Waals surface area contributed by atoms with Gasteiger partial charge in [0.2, 0.25) is 0 Å². The molecular formula is C26H33F3N4O5. The molecule has 12 heteroatoms. The molecule has 2 aromatic rings. The molecule has 0 bridgehead atoms. The van der Waals surface area contributed by atoms with E-state index in [-0.39, 0.29) is 29.4 Å². The number of carbonyl (C=O) groups is 2. The molecule has 38 heavy (non-hydrogen) atoms. The van der Waals surface area contributed by atoms with Gasteiger partial charge in [-0.3, -0.25) is 14.2 Å². The fourth-order valence-corrected chi connectivity index (χ4v) is 4.78. The van der Waals surface area contributed by atoms with Crippen LogP contribution in [0.5, 0.6) is 5.75 Å². The first-order chi connectivity index (χ1) is 17.8. The molecule has 2 amide bonds. The normalized spacial score (nSPS) is 20.5. The molecule has 2 saturated heterocycles. The van der Waals surface area contributed by atoms with E-state index < -0.39 is 29.8 Å². The van der Waals surface area contributed by atoms with Crippen LogP contribution in [0.4, 0.5) is 18.0 Å². The van der Waals surface area contributed by atoms with Crippen LogP contribution >= 0.6 is 0 Å². The largest absolute Gasteiger partial charge is 0.491 e. The van der Waals surface area contributed by atoms with E-state index in [0.29, 0.717) is 31.6 Å². The summed E-state index contributed by atoms with van der Waals surface area (Å²) in [6, 6.07) is 3.97. The number of carbonyl (C=O) groups excluding carboxylic acids is 1. The molecule has 2 atom stereocenters. The lowest BCUT2D eigenvalue weighted by atomic mass is 9.92. The molecule has 0 spiro atoms. The van der Waals surface area contributed by atoms with Gasteiger partial charge in [-0.2, -0.15) is 18.2 Å². The molecular weight excluding hydrogens is 505 g/mol. The second kappa shape index (κ2) is 10.5. The van der Waals surface area contributed by atoms with Crippen molar-refractivity contribution < 1.29 is 37.3 Å². The highest BCUT2D eigenvalue weighted by atomic mass is 19.4. The van der Waals surface area contributed by atoms with Crippen LogP contribution in [0.3, 0.4) is 0 Å². The summed E-state index contributed by atoms with van der Waals surface area (Å²) in [4.78, 5) is 30.1. The van der Waals surface area contributed by atoms with Gasteiger partial charge in [-0.15, -0.1) is 0 Å². The third-order valence-corrected chi connectivity index (χ3v) is 6.98. The summed E-state index contributed by atoms with van der Waals surface area (Å²) in [5.41, 5.74) is -0.438. The predicted molar refractivity (Wildman–Crippen MR) is 131 cm³/mol. The average Bonchev–Trinajstić information content (AvgIpc) is 3.41. The van der Waals surface area contributed by atoms with Crippen LogP contribution in [0.1, 0.15) is 61.6 Å². The standard InChI is InChI=1S/C26H33F3N4O5/c1-25(2,3)21-13-22(33(31(21)4)14-18-6-5-11-37-18)30-23(34)19-12-16(26(27,28)29)7-8-20(19)38-15-17-9-10-32(17)24(35)36/h7-8,12-13,17-18H,5-6,9-11,14-15H2,1-4H3,(H,35,36)/b30-22+/t17-,18+/m0/s1. The first kappa shape index (κ1) is 27.7. The number of aromatic nitrogens is 2. The molecule has 1 aromatic heterocycles.